The predicted octanol–water partition coefficient (Wildman–Crippen LogP) is 2.14. The molecule has 1 heterocycles. The average molecular weight is 407 g/mol. The summed E-state index contributed by atoms with van der Waals surface area (Å²) in [5.74, 6) is -0.411. The minimum absolute atomic E-state index is 0.0526. The molecule has 28 heavy (non-hydrogen) atoms. The molecule has 0 radical (unpaired) electrons. The summed E-state index contributed by atoms with van der Waals surface area (Å²) < 4.78 is 13.0. The van der Waals surface area contributed by atoms with Crippen LogP contribution in [0.3, 0.4) is 0 Å². The SMILES string of the molecule is O=C(Cc1ccc(Cl)cc1)N1CC[C@H](O)[C@@](O)(CNCc2ccc(F)cc2)C1. The van der Waals surface area contributed by atoms with Crippen LogP contribution in [0.1, 0.15) is 17.5 Å². The fraction of sp³-hybridized carbons (Fsp3) is 0.381. The molecule has 2 aromatic rings. The fourth-order valence-electron chi connectivity index (χ4n) is 3.36. The Hall–Kier alpha value is -1.99. The number of hydrogen-bond acceptors (Lipinski definition) is 4. The topological polar surface area (TPSA) is 72.8 Å². The van der Waals surface area contributed by atoms with Crippen LogP contribution in [0.5, 0.6) is 0 Å². The van der Waals surface area contributed by atoms with Crippen LogP contribution in [0.15, 0.2) is 48.5 Å². The van der Waals surface area contributed by atoms with Crippen molar-refractivity contribution in [2.24, 2.45) is 0 Å². The van der Waals surface area contributed by atoms with Gasteiger partial charge in [0.25, 0.3) is 0 Å². The Morgan fingerprint density at radius 1 is 1.18 bits per heavy atom. The van der Waals surface area contributed by atoms with Crippen LogP contribution >= 0.6 is 11.6 Å². The van der Waals surface area contributed by atoms with Crippen LogP contribution in [0, 0.1) is 5.82 Å². The number of piperidine rings is 1. The van der Waals surface area contributed by atoms with Gasteiger partial charge >= 0.3 is 0 Å². The molecule has 0 unspecified atom stereocenters. The lowest BCUT2D eigenvalue weighted by molar-refractivity contribution is -0.150. The summed E-state index contributed by atoms with van der Waals surface area (Å²) in [4.78, 5) is 14.2. The van der Waals surface area contributed by atoms with E-state index in [0.717, 1.165) is 11.1 Å². The lowest BCUT2D eigenvalue weighted by Gasteiger charge is -2.43. The van der Waals surface area contributed by atoms with Crippen molar-refractivity contribution in [3.63, 3.8) is 0 Å². The number of aliphatic hydroxyl groups excluding tert-OH is 1. The van der Waals surface area contributed by atoms with Gasteiger partial charge in [-0.3, -0.25) is 4.79 Å². The zero-order valence-electron chi connectivity index (χ0n) is 15.4. The molecule has 3 rings (SSSR count). The molecule has 1 fully saturated rings. The molecule has 2 aromatic carbocycles. The second-order valence-electron chi connectivity index (χ2n) is 7.26. The molecule has 0 bridgehead atoms. The van der Waals surface area contributed by atoms with Gasteiger partial charge in [-0.1, -0.05) is 35.9 Å². The number of carbonyl (C=O) groups is 1. The van der Waals surface area contributed by atoms with Gasteiger partial charge in [-0.05, 0) is 41.8 Å². The molecule has 1 aliphatic rings. The van der Waals surface area contributed by atoms with Crippen LogP contribution in [0.25, 0.3) is 0 Å². The number of hydrogen-bond donors (Lipinski definition) is 3. The first-order chi connectivity index (χ1) is 13.4. The standard InChI is InChI=1S/C21H24ClFN2O3/c22-17-5-1-15(2-6-17)11-20(27)25-10-9-19(26)21(28,14-25)13-24-12-16-3-7-18(23)8-4-16/h1-8,19,24,26,28H,9-14H2/t19-,21+/m0/s1. The molecule has 0 aliphatic carbocycles. The molecule has 2 atom stereocenters. The molecule has 1 amide bonds. The van der Waals surface area contributed by atoms with Crippen LogP contribution in [-0.4, -0.2) is 52.4 Å². The van der Waals surface area contributed by atoms with Crippen LogP contribution in [0.2, 0.25) is 5.02 Å². The van der Waals surface area contributed by atoms with Crippen molar-refractivity contribution < 1.29 is 19.4 Å². The first-order valence-electron chi connectivity index (χ1n) is 9.23. The quantitative estimate of drug-likeness (QED) is 0.687. The summed E-state index contributed by atoms with van der Waals surface area (Å²) in [5, 5.41) is 24.9. The van der Waals surface area contributed by atoms with Gasteiger partial charge in [0.15, 0.2) is 0 Å². The van der Waals surface area contributed by atoms with E-state index in [1.54, 1.807) is 41.3 Å². The van der Waals surface area contributed by atoms with E-state index in [1.165, 1.54) is 12.1 Å². The fourth-order valence-corrected chi connectivity index (χ4v) is 3.49. The van der Waals surface area contributed by atoms with Gasteiger partial charge in [0.05, 0.1) is 19.1 Å². The number of amides is 1. The van der Waals surface area contributed by atoms with Gasteiger partial charge < -0.3 is 20.4 Å². The zero-order chi connectivity index (χ0) is 20.1. The second-order valence-corrected chi connectivity index (χ2v) is 7.69. The maximum absolute atomic E-state index is 13.0. The third-order valence-electron chi connectivity index (χ3n) is 5.05. The van der Waals surface area contributed by atoms with Gasteiger partial charge in [-0.2, -0.15) is 0 Å². The van der Waals surface area contributed by atoms with Crippen molar-refractivity contribution in [2.45, 2.75) is 31.1 Å². The smallest absolute Gasteiger partial charge is 0.227 e. The monoisotopic (exact) mass is 406 g/mol. The summed E-state index contributed by atoms with van der Waals surface area (Å²) in [6.07, 6.45) is -0.402. The Morgan fingerprint density at radius 3 is 2.50 bits per heavy atom. The third kappa shape index (κ3) is 5.29. The maximum Gasteiger partial charge on any atom is 0.227 e. The molecule has 3 N–H and O–H groups in total. The molecule has 150 valence electrons. The van der Waals surface area contributed by atoms with Crippen LogP contribution in [0.4, 0.5) is 4.39 Å². The molecule has 0 spiro atoms. The van der Waals surface area contributed by atoms with E-state index in [1.807, 2.05) is 0 Å². The Balaban J connectivity index is 1.56. The van der Waals surface area contributed by atoms with E-state index in [0.29, 0.717) is 24.5 Å². The Labute approximate surface area is 168 Å². The van der Waals surface area contributed by atoms with Crippen molar-refractivity contribution in [3.8, 4) is 0 Å². The van der Waals surface area contributed by atoms with Crippen molar-refractivity contribution in [1.29, 1.82) is 0 Å². The Bertz CT molecular complexity index is 800. The lowest BCUT2D eigenvalue weighted by atomic mass is 9.89. The minimum Gasteiger partial charge on any atom is -0.390 e. The first-order valence-corrected chi connectivity index (χ1v) is 9.61. The van der Waals surface area contributed by atoms with Gasteiger partial charge in [0.1, 0.15) is 11.4 Å². The van der Waals surface area contributed by atoms with Gasteiger partial charge in [-0.15, -0.1) is 0 Å². The maximum atomic E-state index is 13.0. The van der Waals surface area contributed by atoms with E-state index in [4.69, 9.17) is 11.6 Å². The number of aliphatic hydroxyl groups is 2. The van der Waals surface area contributed by atoms with Crippen LogP contribution < -0.4 is 5.32 Å². The predicted molar refractivity (Wildman–Crippen MR) is 105 cm³/mol. The highest BCUT2D eigenvalue weighted by atomic mass is 35.5. The molecule has 0 aromatic heterocycles. The summed E-state index contributed by atoms with van der Waals surface area (Å²) >= 11 is 5.87. The van der Waals surface area contributed by atoms with E-state index >= 15 is 0 Å². The highest BCUT2D eigenvalue weighted by Gasteiger charge is 2.42. The molecular weight excluding hydrogens is 383 g/mol. The van der Waals surface area contributed by atoms with Gasteiger partial charge in [0.2, 0.25) is 5.91 Å². The number of rotatable bonds is 6. The number of nitrogens with zero attached hydrogens (tertiary/aromatic N) is 1. The number of nitrogens with one attached hydrogen (secondary N) is 1. The normalized spacial score (nSPS) is 22.3. The molecule has 1 saturated heterocycles. The molecule has 7 heteroatoms. The third-order valence-corrected chi connectivity index (χ3v) is 5.30. The molecule has 1 aliphatic heterocycles. The van der Waals surface area contributed by atoms with E-state index in [-0.39, 0.29) is 31.2 Å². The van der Waals surface area contributed by atoms with Gasteiger partial charge in [0, 0.05) is 24.7 Å². The number of β-amino-alcohol motifs (C(OH)–C–C–N with tert-alkyl or cyclic N) is 1. The minimum atomic E-state index is -1.44. The zero-order valence-corrected chi connectivity index (χ0v) is 16.2. The highest BCUT2D eigenvalue weighted by Crippen LogP contribution is 2.22. The summed E-state index contributed by atoms with van der Waals surface area (Å²) in [5.41, 5.74) is 0.276. The summed E-state index contributed by atoms with van der Waals surface area (Å²) in [6, 6.07) is 13.1. The average Bonchev–Trinajstić information content (AvgIpc) is 2.67. The van der Waals surface area contributed by atoms with Gasteiger partial charge in [-0.25, -0.2) is 4.39 Å². The number of halogens is 2. The summed E-state index contributed by atoms with van der Waals surface area (Å²) in [7, 11) is 0. The van der Waals surface area contributed by atoms with E-state index < -0.39 is 11.7 Å². The van der Waals surface area contributed by atoms with Crippen molar-refractivity contribution in [2.75, 3.05) is 19.6 Å². The number of carbonyl (C=O) groups excluding carboxylic acids is 1. The van der Waals surface area contributed by atoms with E-state index in [9.17, 15) is 19.4 Å². The lowest BCUT2D eigenvalue weighted by Crippen LogP contribution is -2.62. The van der Waals surface area contributed by atoms with Crippen molar-refractivity contribution in [1.82, 2.24) is 10.2 Å². The molecule has 5 nitrogen and oxygen atoms in total. The Morgan fingerprint density at radius 2 is 1.82 bits per heavy atom. The highest BCUT2D eigenvalue weighted by molar-refractivity contribution is 6.30. The second kappa shape index (κ2) is 9.01. The Kier molecular flexibility index (Phi) is 6.67. The molecule has 0 saturated carbocycles. The largest absolute Gasteiger partial charge is 0.390 e. The summed E-state index contributed by atoms with van der Waals surface area (Å²) in [6.45, 7) is 0.995. The number of likely N-dealkylation sites (tertiary alicyclic amines) is 1. The van der Waals surface area contributed by atoms with Crippen molar-refractivity contribution in [3.05, 3.63) is 70.5 Å². The van der Waals surface area contributed by atoms with E-state index in [2.05, 4.69) is 5.32 Å². The van der Waals surface area contributed by atoms with Crippen LogP contribution in [-0.2, 0) is 17.8 Å². The molecular formula is C21H24ClFN2O3. The first kappa shape index (κ1) is 20.7. The number of benzene rings is 2. The van der Waals surface area contributed by atoms with Crippen molar-refractivity contribution >= 4 is 17.5 Å².